The number of carbonyl (C=O) groups excluding carboxylic acids is 1. The van der Waals surface area contributed by atoms with Gasteiger partial charge < -0.3 is 5.32 Å². The maximum atomic E-state index is 13.0. The molecule has 1 saturated carbocycles. The van der Waals surface area contributed by atoms with Crippen molar-refractivity contribution in [3.63, 3.8) is 0 Å². The number of amides is 1. The van der Waals surface area contributed by atoms with E-state index in [4.69, 9.17) is 11.6 Å². The Hall–Kier alpha value is -2.53. The lowest BCUT2D eigenvalue weighted by Gasteiger charge is -2.11. The summed E-state index contributed by atoms with van der Waals surface area (Å²) in [5.41, 5.74) is 3.17. The number of carbonyl (C=O) groups is 1. The van der Waals surface area contributed by atoms with Crippen molar-refractivity contribution in [3.05, 3.63) is 53.4 Å². The van der Waals surface area contributed by atoms with Crippen LogP contribution in [0.4, 0.5) is 10.2 Å². The summed E-state index contributed by atoms with van der Waals surface area (Å²) in [5.74, 6) is -0.478. The minimum absolute atomic E-state index is 0.288. The molecule has 26 heavy (non-hydrogen) atoms. The van der Waals surface area contributed by atoms with Gasteiger partial charge in [0, 0.05) is 29.5 Å². The zero-order chi connectivity index (χ0) is 18.3. The third-order valence-corrected chi connectivity index (χ3v) is 5.00. The number of nitrogens with one attached hydrogen (secondary N) is 1. The molecule has 1 aromatic carbocycles. The molecule has 2 aromatic heterocycles. The molecule has 0 unspecified atom stereocenters. The Kier molecular flexibility index (Phi) is 4.32. The summed E-state index contributed by atoms with van der Waals surface area (Å²) in [7, 11) is 0. The molecule has 2 atom stereocenters. The molecule has 4 rings (SSSR count). The lowest BCUT2D eigenvalue weighted by molar-refractivity contribution is -0.117. The molecule has 0 saturated heterocycles. The molecule has 1 amide bonds. The molecule has 0 spiro atoms. The van der Waals surface area contributed by atoms with Crippen molar-refractivity contribution < 1.29 is 9.18 Å². The van der Waals surface area contributed by atoms with Gasteiger partial charge in [-0.25, -0.2) is 9.37 Å². The molecule has 1 aliphatic carbocycles. The summed E-state index contributed by atoms with van der Waals surface area (Å²) in [4.78, 5) is 20.4. The van der Waals surface area contributed by atoms with E-state index in [-0.39, 0.29) is 12.3 Å². The Morgan fingerprint density at radius 1 is 1.35 bits per heavy atom. The Bertz CT molecular complexity index is 1010. The predicted molar refractivity (Wildman–Crippen MR) is 101 cm³/mol. The van der Waals surface area contributed by atoms with Crippen LogP contribution in [0.5, 0.6) is 0 Å². The van der Waals surface area contributed by atoms with Crippen LogP contribution in [-0.2, 0) is 11.2 Å². The second kappa shape index (κ2) is 6.65. The fourth-order valence-electron chi connectivity index (χ4n) is 3.08. The van der Waals surface area contributed by atoms with Crippen LogP contribution in [0.15, 0.2) is 42.9 Å². The third-order valence-electron chi connectivity index (χ3n) is 4.69. The molecule has 132 valence electrons. The first-order valence-corrected chi connectivity index (χ1v) is 8.92. The van der Waals surface area contributed by atoms with Gasteiger partial charge in [0.25, 0.3) is 0 Å². The van der Waals surface area contributed by atoms with Gasteiger partial charge in [-0.3, -0.25) is 9.78 Å². The summed E-state index contributed by atoms with van der Waals surface area (Å²) in [6.45, 7) is 2.09. The van der Waals surface area contributed by atoms with E-state index in [0.717, 1.165) is 28.3 Å². The van der Waals surface area contributed by atoms with E-state index in [1.165, 1.54) is 5.56 Å². The Morgan fingerprint density at radius 2 is 2.15 bits per heavy atom. The summed E-state index contributed by atoms with van der Waals surface area (Å²) in [6.07, 6.45) is 5.37. The zero-order valence-corrected chi connectivity index (χ0v) is 14.9. The third kappa shape index (κ3) is 3.15. The highest BCUT2D eigenvalue weighted by Gasteiger charge is 2.43. The van der Waals surface area contributed by atoms with Crippen LogP contribution in [0.25, 0.3) is 21.9 Å². The fourth-order valence-corrected chi connectivity index (χ4v) is 3.36. The summed E-state index contributed by atoms with van der Waals surface area (Å²) in [6, 6.07) is 7.66. The average Bonchev–Trinajstić information content (AvgIpc) is 3.38. The number of hydrogen-bond acceptors (Lipinski definition) is 3. The first-order valence-electron chi connectivity index (χ1n) is 8.54. The molecule has 4 nitrogen and oxygen atoms in total. The molecule has 0 aliphatic heterocycles. The molecule has 0 radical (unpaired) electrons. The van der Waals surface area contributed by atoms with E-state index in [1.54, 1.807) is 18.5 Å². The summed E-state index contributed by atoms with van der Waals surface area (Å²) < 4.78 is 13.0. The van der Waals surface area contributed by atoms with Crippen LogP contribution in [-0.4, -0.2) is 22.0 Å². The molecular weight excluding hydrogens is 353 g/mol. The van der Waals surface area contributed by atoms with E-state index in [1.807, 2.05) is 24.4 Å². The molecule has 1 N–H and O–H groups in total. The number of aryl methyl sites for hydroxylation is 1. The van der Waals surface area contributed by atoms with Crippen LogP contribution in [0.1, 0.15) is 18.9 Å². The van der Waals surface area contributed by atoms with Crippen LogP contribution in [0, 0.1) is 5.92 Å². The van der Waals surface area contributed by atoms with Gasteiger partial charge >= 0.3 is 0 Å². The number of hydrogen-bond donors (Lipinski definition) is 1. The second-order valence-electron chi connectivity index (χ2n) is 6.48. The number of nitrogens with zero attached hydrogens (tertiary/aromatic N) is 2. The monoisotopic (exact) mass is 369 g/mol. The molecule has 3 aromatic rings. The molecule has 2 heterocycles. The SMILES string of the molecule is CCc1ccncc1-c1cc(Cl)c2cnc(NC(=O)[C@@H]3C[C@@H]3F)cc2c1. The minimum Gasteiger partial charge on any atom is -0.310 e. The van der Waals surface area contributed by atoms with E-state index in [0.29, 0.717) is 10.8 Å². The Balaban J connectivity index is 1.73. The maximum absolute atomic E-state index is 13.0. The smallest absolute Gasteiger partial charge is 0.231 e. The van der Waals surface area contributed by atoms with Crippen molar-refractivity contribution in [1.82, 2.24) is 9.97 Å². The van der Waals surface area contributed by atoms with Gasteiger partial charge in [0.15, 0.2) is 0 Å². The number of anilines is 1. The number of benzene rings is 1. The standard InChI is InChI=1S/C20H17ClFN3O/c1-2-11-3-4-23-9-15(11)12-5-13-7-19(24-10-16(13)17(21)6-12)25-20(26)14-8-18(14)22/h3-7,9-10,14,18H,2,8H2,1H3,(H,24,25,26)/t14-,18+/m1/s1. The van der Waals surface area contributed by atoms with Gasteiger partial charge in [0.1, 0.15) is 12.0 Å². The van der Waals surface area contributed by atoms with Crippen molar-refractivity contribution in [2.24, 2.45) is 5.92 Å². The number of fused-ring (bicyclic) bond motifs is 1. The molecule has 1 fully saturated rings. The van der Waals surface area contributed by atoms with E-state index in [2.05, 4.69) is 22.2 Å². The lowest BCUT2D eigenvalue weighted by Crippen LogP contribution is -2.15. The second-order valence-corrected chi connectivity index (χ2v) is 6.89. The van der Waals surface area contributed by atoms with Crippen LogP contribution < -0.4 is 5.32 Å². The normalized spacial score (nSPS) is 18.7. The fraction of sp³-hybridized carbons (Fsp3) is 0.250. The molecule has 1 aliphatic rings. The zero-order valence-electron chi connectivity index (χ0n) is 14.2. The first-order chi connectivity index (χ1) is 12.6. The van der Waals surface area contributed by atoms with Crippen LogP contribution in [0.2, 0.25) is 5.02 Å². The molecular formula is C20H17ClFN3O. The van der Waals surface area contributed by atoms with E-state index < -0.39 is 12.1 Å². The van der Waals surface area contributed by atoms with Gasteiger partial charge in [-0.05, 0) is 53.6 Å². The maximum Gasteiger partial charge on any atom is 0.231 e. The van der Waals surface area contributed by atoms with Gasteiger partial charge in [-0.15, -0.1) is 0 Å². The van der Waals surface area contributed by atoms with Crippen molar-refractivity contribution in [2.45, 2.75) is 25.9 Å². The molecule has 0 bridgehead atoms. The van der Waals surface area contributed by atoms with Crippen LogP contribution >= 0.6 is 11.6 Å². The Morgan fingerprint density at radius 3 is 2.88 bits per heavy atom. The highest BCUT2D eigenvalue weighted by Crippen LogP contribution is 2.36. The highest BCUT2D eigenvalue weighted by molar-refractivity contribution is 6.36. The summed E-state index contributed by atoms with van der Waals surface area (Å²) >= 11 is 6.45. The molecule has 6 heteroatoms. The number of rotatable bonds is 4. The summed E-state index contributed by atoms with van der Waals surface area (Å²) in [5, 5.41) is 4.92. The highest BCUT2D eigenvalue weighted by atomic mass is 35.5. The largest absolute Gasteiger partial charge is 0.310 e. The topological polar surface area (TPSA) is 54.9 Å². The quantitative estimate of drug-likeness (QED) is 0.718. The average molecular weight is 370 g/mol. The number of halogens is 2. The minimum atomic E-state index is -1.03. The van der Waals surface area contributed by atoms with Crippen molar-refractivity contribution in [2.75, 3.05) is 5.32 Å². The number of pyridine rings is 2. The number of alkyl halides is 1. The number of aromatic nitrogens is 2. The van der Waals surface area contributed by atoms with Gasteiger partial charge in [0.05, 0.1) is 10.9 Å². The van der Waals surface area contributed by atoms with Crippen molar-refractivity contribution in [3.8, 4) is 11.1 Å². The van der Waals surface area contributed by atoms with Gasteiger partial charge in [-0.2, -0.15) is 0 Å². The van der Waals surface area contributed by atoms with Crippen LogP contribution in [0.3, 0.4) is 0 Å². The van der Waals surface area contributed by atoms with Crippen molar-refractivity contribution in [1.29, 1.82) is 0 Å². The lowest BCUT2D eigenvalue weighted by atomic mass is 9.98. The Labute approximate surface area is 155 Å². The van der Waals surface area contributed by atoms with E-state index >= 15 is 0 Å². The first kappa shape index (κ1) is 16.9. The van der Waals surface area contributed by atoms with Gasteiger partial charge in [0.2, 0.25) is 5.91 Å². The van der Waals surface area contributed by atoms with E-state index in [9.17, 15) is 9.18 Å². The van der Waals surface area contributed by atoms with Gasteiger partial charge in [-0.1, -0.05) is 18.5 Å². The van der Waals surface area contributed by atoms with Crippen molar-refractivity contribution >= 4 is 34.1 Å². The predicted octanol–water partition coefficient (Wildman–Crippen LogP) is 4.81.